The Morgan fingerprint density at radius 2 is 2.13 bits per heavy atom. The zero-order chi connectivity index (χ0) is 16.2. The quantitative estimate of drug-likeness (QED) is 0.724. The molecule has 1 unspecified atom stereocenters. The van der Waals surface area contributed by atoms with E-state index in [1.165, 1.54) is 17.7 Å². The van der Waals surface area contributed by atoms with Gasteiger partial charge in [0.1, 0.15) is 0 Å². The number of thiophene rings is 1. The minimum atomic E-state index is -0.0318. The molecule has 2 amide bonds. The topological polar surface area (TPSA) is 32.3 Å². The molecule has 5 heteroatoms. The number of halogens is 1. The third-order valence-corrected chi connectivity index (χ3v) is 5.78. The summed E-state index contributed by atoms with van der Waals surface area (Å²) in [5.74, 6) is 0. The molecule has 1 atom stereocenters. The molecular formula is C18H21ClN2OS. The summed E-state index contributed by atoms with van der Waals surface area (Å²) in [4.78, 5) is 16.1. The van der Waals surface area contributed by atoms with E-state index in [0.717, 1.165) is 30.6 Å². The highest BCUT2D eigenvalue weighted by Gasteiger charge is 2.27. The van der Waals surface area contributed by atoms with Crippen molar-refractivity contribution in [2.75, 3.05) is 11.9 Å². The molecule has 1 saturated heterocycles. The standard InChI is InChI=1S/C18H21ClN2OS/c1-13-14(19)7-5-8-15(13)20-18(22)21-11-4-2-3-9-16(21)17-10-6-12-23-17/h5-8,10,12,16H,2-4,9,11H2,1H3,(H,20,22). The lowest BCUT2D eigenvalue weighted by Gasteiger charge is -2.29. The van der Waals surface area contributed by atoms with E-state index in [-0.39, 0.29) is 12.1 Å². The van der Waals surface area contributed by atoms with Gasteiger partial charge in [0.05, 0.1) is 6.04 Å². The van der Waals surface area contributed by atoms with Crippen molar-refractivity contribution in [3.63, 3.8) is 0 Å². The molecule has 1 aromatic heterocycles. The number of rotatable bonds is 2. The Morgan fingerprint density at radius 1 is 1.26 bits per heavy atom. The largest absolute Gasteiger partial charge is 0.322 e. The number of benzene rings is 1. The normalized spacial score (nSPS) is 18.5. The molecule has 0 spiro atoms. The third-order valence-electron chi connectivity index (χ3n) is 4.39. The number of hydrogen-bond acceptors (Lipinski definition) is 2. The average molecular weight is 349 g/mol. The first kappa shape index (κ1) is 16.3. The molecule has 0 radical (unpaired) electrons. The van der Waals surface area contributed by atoms with Crippen LogP contribution in [0.4, 0.5) is 10.5 Å². The Hall–Kier alpha value is -1.52. The Morgan fingerprint density at radius 3 is 2.91 bits per heavy atom. The molecule has 1 aliphatic rings. The minimum Gasteiger partial charge on any atom is -0.317 e. The minimum absolute atomic E-state index is 0.0318. The molecule has 122 valence electrons. The number of likely N-dealkylation sites (tertiary alicyclic amines) is 1. The zero-order valence-electron chi connectivity index (χ0n) is 13.2. The summed E-state index contributed by atoms with van der Waals surface area (Å²) in [6, 6.07) is 9.94. The summed E-state index contributed by atoms with van der Waals surface area (Å²) in [7, 11) is 0. The zero-order valence-corrected chi connectivity index (χ0v) is 14.8. The van der Waals surface area contributed by atoms with Crippen molar-refractivity contribution in [2.24, 2.45) is 0 Å². The van der Waals surface area contributed by atoms with E-state index in [2.05, 4.69) is 22.8 Å². The van der Waals surface area contributed by atoms with Crippen LogP contribution in [0.25, 0.3) is 0 Å². The van der Waals surface area contributed by atoms with Crippen molar-refractivity contribution in [3.8, 4) is 0 Å². The summed E-state index contributed by atoms with van der Waals surface area (Å²) in [6.07, 6.45) is 4.44. The van der Waals surface area contributed by atoms with Gasteiger partial charge in [0.2, 0.25) is 0 Å². The van der Waals surface area contributed by atoms with Gasteiger partial charge in [-0.3, -0.25) is 0 Å². The predicted octanol–water partition coefficient (Wildman–Crippen LogP) is 5.86. The van der Waals surface area contributed by atoms with Gasteiger partial charge in [-0.15, -0.1) is 11.3 Å². The third kappa shape index (κ3) is 3.70. The molecule has 1 fully saturated rings. The average Bonchev–Trinajstić information content (AvgIpc) is 2.96. The smallest absolute Gasteiger partial charge is 0.317 e. The molecular weight excluding hydrogens is 328 g/mol. The number of amides is 2. The summed E-state index contributed by atoms with van der Waals surface area (Å²) < 4.78 is 0. The monoisotopic (exact) mass is 348 g/mol. The van der Waals surface area contributed by atoms with Crippen LogP contribution in [0.2, 0.25) is 5.02 Å². The maximum atomic E-state index is 12.9. The van der Waals surface area contributed by atoms with E-state index in [4.69, 9.17) is 11.6 Å². The van der Waals surface area contributed by atoms with Crippen LogP contribution < -0.4 is 5.32 Å². The molecule has 0 bridgehead atoms. The van der Waals surface area contributed by atoms with Gasteiger partial charge in [0.25, 0.3) is 0 Å². The van der Waals surface area contributed by atoms with Crippen molar-refractivity contribution in [2.45, 2.75) is 38.6 Å². The van der Waals surface area contributed by atoms with E-state index < -0.39 is 0 Å². The van der Waals surface area contributed by atoms with E-state index in [1.54, 1.807) is 11.3 Å². The van der Waals surface area contributed by atoms with Gasteiger partial charge in [-0.1, -0.05) is 36.6 Å². The number of nitrogens with one attached hydrogen (secondary N) is 1. The first-order valence-corrected chi connectivity index (χ1v) is 9.28. The lowest BCUT2D eigenvalue weighted by atomic mass is 10.1. The highest BCUT2D eigenvalue weighted by Crippen LogP contribution is 2.33. The van der Waals surface area contributed by atoms with Gasteiger partial charge in [-0.2, -0.15) is 0 Å². The van der Waals surface area contributed by atoms with E-state index >= 15 is 0 Å². The number of anilines is 1. The second-order valence-corrected chi connectivity index (χ2v) is 7.30. The second kappa shape index (κ2) is 7.37. The van der Waals surface area contributed by atoms with Gasteiger partial charge in [0.15, 0.2) is 0 Å². The number of hydrogen-bond donors (Lipinski definition) is 1. The SMILES string of the molecule is Cc1c(Cl)cccc1NC(=O)N1CCCCCC1c1cccs1. The molecule has 2 heterocycles. The number of carbonyl (C=O) groups is 1. The number of urea groups is 1. The van der Waals surface area contributed by atoms with Gasteiger partial charge in [0, 0.05) is 22.1 Å². The van der Waals surface area contributed by atoms with Gasteiger partial charge in [-0.25, -0.2) is 4.79 Å². The van der Waals surface area contributed by atoms with Crippen molar-refractivity contribution in [1.82, 2.24) is 4.90 Å². The van der Waals surface area contributed by atoms with Crippen molar-refractivity contribution >= 4 is 34.7 Å². The second-order valence-electron chi connectivity index (χ2n) is 5.92. The van der Waals surface area contributed by atoms with Gasteiger partial charge < -0.3 is 10.2 Å². The summed E-state index contributed by atoms with van der Waals surface area (Å²) in [6.45, 7) is 2.73. The van der Waals surface area contributed by atoms with Crippen molar-refractivity contribution in [1.29, 1.82) is 0 Å². The fourth-order valence-electron chi connectivity index (χ4n) is 3.06. The lowest BCUT2D eigenvalue weighted by Crippen LogP contribution is -2.37. The first-order chi connectivity index (χ1) is 11.2. The predicted molar refractivity (Wildman–Crippen MR) is 97.4 cm³/mol. The number of carbonyl (C=O) groups excluding carboxylic acids is 1. The first-order valence-electron chi connectivity index (χ1n) is 8.03. The fraction of sp³-hybridized carbons (Fsp3) is 0.389. The van der Waals surface area contributed by atoms with Crippen LogP contribution in [0.3, 0.4) is 0 Å². The van der Waals surface area contributed by atoms with Crippen LogP contribution in [0.5, 0.6) is 0 Å². The summed E-state index contributed by atoms with van der Waals surface area (Å²) in [5, 5.41) is 5.80. The van der Waals surface area contributed by atoms with E-state index in [0.29, 0.717) is 5.02 Å². The molecule has 1 N–H and O–H groups in total. The Bertz CT molecular complexity index is 672. The molecule has 1 aliphatic heterocycles. The van der Waals surface area contributed by atoms with Crippen LogP contribution in [-0.4, -0.2) is 17.5 Å². The highest BCUT2D eigenvalue weighted by molar-refractivity contribution is 7.10. The molecule has 23 heavy (non-hydrogen) atoms. The molecule has 2 aromatic rings. The molecule has 0 aliphatic carbocycles. The Kier molecular flexibility index (Phi) is 5.23. The fourth-order valence-corrected chi connectivity index (χ4v) is 4.11. The summed E-state index contributed by atoms with van der Waals surface area (Å²) >= 11 is 7.88. The van der Waals surface area contributed by atoms with Crippen LogP contribution in [-0.2, 0) is 0 Å². The van der Waals surface area contributed by atoms with Gasteiger partial charge >= 0.3 is 6.03 Å². The molecule has 3 nitrogen and oxygen atoms in total. The summed E-state index contributed by atoms with van der Waals surface area (Å²) in [5.41, 5.74) is 1.70. The van der Waals surface area contributed by atoms with Crippen molar-refractivity contribution < 1.29 is 4.79 Å². The van der Waals surface area contributed by atoms with Crippen LogP contribution in [0.1, 0.15) is 42.2 Å². The van der Waals surface area contributed by atoms with E-state index in [9.17, 15) is 4.79 Å². The molecule has 1 aromatic carbocycles. The highest BCUT2D eigenvalue weighted by atomic mass is 35.5. The van der Waals surface area contributed by atoms with Crippen LogP contribution in [0.15, 0.2) is 35.7 Å². The molecule has 0 saturated carbocycles. The Labute approximate surface area is 146 Å². The van der Waals surface area contributed by atoms with Crippen molar-refractivity contribution in [3.05, 3.63) is 51.2 Å². The maximum Gasteiger partial charge on any atom is 0.322 e. The van der Waals surface area contributed by atoms with E-state index in [1.807, 2.05) is 30.0 Å². The maximum absolute atomic E-state index is 12.9. The Balaban J connectivity index is 1.82. The lowest BCUT2D eigenvalue weighted by molar-refractivity contribution is 0.190. The number of nitrogens with zero attached hydrogens (tertiary/aromatic N) is 1. The van der Waals surface area contributed by atoms with Crippen LogP contribution >= 0.6 is 22.9 Å². The van der Waals surface area contributed by atoms with Crippen LogP contribution in [0, 0.1) is 6.92 Å². The molecule has 3 rings (SSSR count). The van der Waals surface area contributed by atoms with Gasteiger partial charge in [-0.05, 0) is 48.9 Å².